The Bertz CT molecular complexity index is 392. The molecule has 1 aromatic carbocycles. The average molecular weight is 221 g/mol. The zero-order valence-electron chi connectivity index (χ0n) is 10.2. The minimum atomic E-state index is 0.0289. The molecule has 16 heavy (non-hydrogen) atoms. The van der Waals surface area contributed by atoms with Crippen LogP contribution in [-0.4, -0.2) is 26.9 Å². The highest BCUT2D eigenvalue weighted by atomic mass is 16.5. The van der Waals surface area contributed by atoms with Gasteiger partial charge >= 0.3 is 0 Å². The summed E-state index contributed by atoms with van der Waals surface area (Å²) >= 11 is 0. The lowest BCUT2D eigenvalue weighted by atomic mass is 9.76. The number of hydrogen-bond donors (Lipinski definition) is 1. The van der Waals surface area contributed by atoms with Crippen molar-refractivity contribution in [2.45, 2.75) is 19.3 Å². The van der Waals surface area contributed by atoms with Crippen molar-refractivity contribution in [2.24, 2.45) is 5.73 Å². The highest BCUT2D eigenvalue weighted by Gasteiger charge is 2.40. The number of aryl methyl sites for hydroxylation is 2. The van der Waals surface area contributed by atoms with E-state index in [2.05, 4.69) is 26.0 Å². The maximum atomic E-state index is 5.88. The van der Waals surface area contributed by atoms with Crippen LogP contribution >= 0.6 is 0 Å². The zero-order valence-corrected chi connectivity index (χ0v) is 10.2. The van der Waals surface area contributed by atoms with Crippen LogP contribution in [-0.2, 0) is 10.2 Å². The first-order chi connectivity index (χ1) is 7.63. The molecule has 0 radical (unpaired) electrons. The lowest BCUT2D eigenvalue weighted by Crippen LogP contribution is -2.52. The number of methoxy groups -OCH3 is 1. The molecule has 0 saturated carbocycles. The van der Waals surface area contributed by atoms with E-state index < -0.39 is 0 Å². The summed E-state index contributed by atoms with van der Waals surface area (Å²) in [6, 6.07) is 4.27. The summed E-state index contributed by atoms with van der Waals surface area (Å²) in [6.45, 7) is 6.27. The van der Waals surface area contributed by atoms with Crippen molar-refractivity contribution in [2.75, 3.05) is 26.9 Å². The predicted molar refractivity (Wildman–Crippen MR) is 64.0 cm³/mol. The fourth-order valence-corrected chi connectivity index (χ4v) is 2.31. The van der Waals surface area contributed by atoms with Gasteiger partial charge in [0.2, 0.25) is 0 Å². The number of hydrogen-bond acceptors (Lipinski definition) is 3. The number of rotatable bonds is 3. The van der Waals surface area contributed by atoms with E-state index in [1.165, 1.54) is 11.1 Å². The van der Waals surface area contributed by atoms with E-state index >= 15 is 0 Å². The van der Waals surface area contributed by atoms with Gasteiger partial charge in [0.25, 0.3) is 0 Å². The van der Waals surface area contributed by atoms with Gasteiger partial charge in [0, 0.05) is 6.54 Å². The third-order valence-corrected chi connectivity index (χ3v) is 3.46. The highest BCUT2D eigenvalue weighted by molar-refractivity contribution is 5.46. The quantitative estimate of drug-likeness (QED) is 0.842. The first-order valence-corrected chi connectivity index (χ1v) is 5.56. The van der Waals surface area contributed by atoms with Gasteiger partial charge in [0.15, 0.2) is 0 Å². The second-order valence-electron chi connectivity index (χ2n) is 4.61. The molecular formula is C13H19NO2. The first kappa shape index (κ1) is 11.4. The van der Waals surface area contributed by atoms with Gasteiger partial charge < -0.3 is 15.2 Å². The lowest BCUT2D eigenvalue weighted by Gasteiger charge is -2.42. The molecule has 0 spiro atoms. The minimum absolute atomic E-state index is 0.0289. The summed E-state index contributed by atoms with van der Waals surface area (Å²) in [5.74, 6) is 0.939. The van der Waals surface area contributed by atoms with E-state index in [9.17, 15) is 0 Å². The van der Waals surface area contributed by atoms with Gasteiger partial charge in [-0.25, -0.2) is 0 Å². The molecule has 1 heterocycles. The Labute approximate surface area is 96.5 Å². The Kier molecular flexibility index (Phi) is 2.91. The maximum Gasteiger partial charge on any atom is 0.122 e. The standard InChI is InChI=1S/C13H19NO2/c1-9-5-12(15-3)10(2)4-11(9)13(6-14)7-16-8-13/h4-5H,6-8,14H2,1-3H3. The average Bonchev–Trinajstić information content (AvgIpc) is 2.22. The molecule has 1 aromatic rings. The molecule has 1 saturated heterocycles. The van der Waals surface area contributed by atoms with Crippen molar-refractivity contribution < 1.29 is 9.47 Å². The van der Waals surface area contributed by atoms with E-state index in [1.807, 2.05) is 0 Å². The van der Waals surface area contributed by atoms with Crippen molar-refractivity contribution in [3.05, 3.63) is 28.8 Å². The van der Waals surface area contributed by atoms with E-state index in [4.69, 9.17) is 15.2 Å². The Balaban J connectivity index is 2.45. The lowest BCUT2D eigenvalue weighted by molar-refractivity contribution is -0.0553. The highest BCUT2D eigenvalue weighted by Crippen LogP contribution is 2.36. The topological polar surface area (TPSA) is 44.5 Å². The van der Waals surface area contributed by atoms with Gasteiger partial charge in [-0.3, -0.25) is 0 Å². The van der Waals surface area contributed by atoms with E-state index in [1.54, 1.807) is 7.11 Å². The van der Waals surface area contributed by atoms with Gasteiger partial charge in [0.1, 0.15) is 5.75 Å². The molecule has 1 fully saturated rings. The molecule has 2 N–H and O–H groups in total. The van der Waals surface area contributed by atoms with Crippen LogP contribution in [0.15, 0.2) is 12.1 Å². The fraction of sp³-hybridized carbons (Fsp3) is 0.538. The van der Waals surface area contributed by atoms with Crippen LogP contribution in [0.4, 0.5) is 0 Å². The van der Waals surface area contributed by atoms with Gasteiger partial charge in [0.05, 0.1) is 25.7 Å². The Morgan fingerprint density at radius 2 is 2.00 bits per heavy atom. The van der Waals surface area contributed by atoms with Crippen LogP contribution in [0.25, 0.3) is 0 Å². The number of benzene rings is 1. The molecule has 0 aromatic heterocycles. The maximum absolute atomic E-state index is 5.88. The molecule has 3 nitrogen and oxygen atoms in total. The van der Waals surface area contributed by atoms with Gasteiger partial charge in [-0.15, -0.1) is 0 Å². The molecule has 2 rings (SSSR count). The second kappa shape index (κ2) is 4.07. The molecule has 0 unspecified atom stereocenters. The minimum Gasteiger partial charge on any atom is -0.496 e. The van der Waals surface area contributed by atoms with Crippen LogP contribution in [0.5, 0.6) is 5.75 Å². The number of nitrogens with two attached hydrogens (primary N) is 1. The monoisotopic (exact) mass is 221 g/mol. The molecule has 88 valence electrons. The van der Waals surface area contributed by atoms with Crippen molar-refractivity contribution >= 4 is 0 Å². The van der Waals surface area contributed by atoms with Gasteiger partial charge in [-0.2, -0.15) is 0 Å². The first-order valence-electron chi connectivity index (χ1n) is 5.56. The normalized spacial score (nSPS) is 18.0. The summed E-state index contributed by atoms with van der Waals surface area (Å²) < 4.78 is 10.6. The number of ether oxygens (including phenoxy) is 2. The van der Waals surface area contributed by atoms with Crippen LogP contribution < -0.4 is 10.5 Å². The smallest absolute Gasteiger partial charge is 0.122 e. The van der Waals surface area contributed by atoms with Crippen molar-refractivity contribution in [1.82, 2.24) is 0 Å². The third kappa shape index (κ3) is 1.60. The zero-order chi connectivity index (χ0) is 11.8. The van der Waals surface area contributed by atoms with Crippen LogP contribution in [0.1, 0.15) is 16.7 Å². The Morgan fingerprint density at radius 1 is 1.31 bits per heavy atom. The molecule has 0 atom stereocenters. The summed E-state index contributed by atoms with van der Waals surface area (Å²) in [7, 11) is 1.70. The SMILES string of the molecule is COc1cc(C)c(C2(CN)COC2)cc1C. The van der Waals surface area contributed by atoms with Crippen molar-refractivity contribution in [1.29, 1.82) is 0 Å². The molecule has 0 aliphatic carbocycles. The largest absolute Gasteiger partial charge is 0.496 e. The van der Waals surface area contributed by atoms with E-state index in [0.29, 0.717) is 6.54 Å². The molecule has 1 aliphatic heterocycles. The van der Waals surface area contributed by atoms with Crippen LogP contribution in [0, 0.1) is 13.8 Å². The molecule has 1 aliphatic rings. The van der Waals surface area contributed by atoms with Gasteiger partial charge in [-0.1, -0.05) is 6.07 Å². The van der Waals surface area contributed by atoms with Crippen molar-refractivity contribution in [3.63, 3.8) is 0 Å². The van der Waals surface area contributed by atoms with E-state index in [-0.39, 0.29) is 5.41 Å². The molecule has 0 bridgehead atoms. The molecule has 0 amide bonds. The van der Waals surface area contributed by atoms with Crippen LogP contribution in [0.3, 0.4) is 0 Å². The Morgan fingerprint density at radius 3 is 2.44 bits per heavy atom. The van der Waals surface area contributed by atoms with Crippen LogP contribution in [0.2, 0.25) is 0 Å². The van der Waals surface area contributed by atoms with Gasteiger partial charge in [-0.05, 0) is 36.6 Å². The summed E-state index contributed by atoms with van der Waals surface area (Å²) in [5, 5.41) is 0. The third-order valence-electron chi connectivity index (χ3n) is 3.46. The summed E-state index contributed by atoms with van der Waals surface area (Å²) in [5.41, 5.74) is 9.60. The summed E-state index contributed by atoms with van der Waals surface area (Å²) in [6.07, 6.45) is 0. The summed E-state index contributed by atoms with van der Waals surface area (Å²) in [4.78, 5) is 0. The van der Waals surface area contributed by atoms with E-state index in [0.717, 1.165) is 24.5 Å². The molecular weight excluding hydrogens is 202 g/mol. The predicted octanol–water partition coefficient (Wildman–Crippen LogP) is 1.54. The van der Waals surface area contributed by atoms with Crippen molar-refractivity contribution in [3.8, 4) is 5.75 Å². The molecule has 3 heteroatoms. The second-order valence-corrected chi connectivity index (χ2v) is 4.61. The Hall–Kier alpha value is -1.06. The fourth-order valence-electron chi connectivity index (χ4n) is 2.31.